The van der Waals surface area contributed by atoms with E-state index in [2.05, 4.69) is 6.92 Å². The molecule has 11 heavy (non-hydrogen) atoms. The third kappa shape index (κ3) is 1.13. The minimum Gasteiger partial charge on any atom is -0.295 e. The van der Waals surface area contributed by atoms with Crippen molar-refractivity contribution in [1.82, 2.24) is 0 Å². The van der Waals surface area contributed by atoms with Crippen molar-refractivity contribution in [2.24, 2.45) is 11.8 Å². The second kappa shape index (κ2) is 2.47. The summed E-state index contributed by atoms with van der Waals surface area (Å²) < 4.78 is 0. The number of ketones is 1. The predicted molar refractivity (Wildman–Crippen MR) is 44.2 cm³/mol. The van der Waals surface area contributed by atoms with Crippen molar-refractivity contribution < 1.29 is 4.79 Å². The van der Waals surface area contributed by atoms with Gasteiger partial charge in [0.15, 0.2) is 5.78 Å². The number of allylic oxidation sites excluding steroid dienone is 2. The molecule has 2 atom stereocenters. The number of hydrogen-bond donors (Lipinski definition) is 0. The van der Waals surface area contributed by atoms with Crippen LogP contribution in [-0.4, -0.2) is 5.78 Å². The largest absolute Gasteiger partial charge is 0.295 e. The van der Waals surface area contributed by atoms with E-state index in [9.17, 15) is 4.79 Å². The van der Waals surface area contributed by atoms with E-state index in [1.54, 1.807) is 0 Å². The van der Waals surface area contributed by atoms with E-state index in [0.717, 1.165) is 12.3 Å². The molecular weight excluding hydrogens is 136 g/mol. The zero-order chi connectivity index (χ0) is 7.84. The van der Waals surface area contributed by atoms with E-state index in [4.69, 9.17) is 0 Å². The molecule has 0 aromatic heterocycles. The maximum absolute atomic E-state index is 11.1. The van der Waals surface area contributed by atoms with Crippen LogP contribution in [0, 0.1) is 11.8 Å². The van der Waals surface area contributed by atoms with Crippen LogP contribution in [0.3, 0.4) is 0 Å². The lowest BCUT2D eigenvalue weighted by Crippen LogP contribution is -2.16. The number of rotatable bonds is 0. The fourth-order valence-electron chi connectivity index (χ4n) is 2.37. The van der Waals surface area contributed by atoms with Gasteiger partial charge in [0.2, 0.25) is 0 Å². The Morgan fingerprint density at radius 1 is 1.55 bits per heavy atom. The Hall–Kier alpha value is -0.590. The summed E-state index contributed by atoms with van der Waals surface area (Å²) in [7, 11) is 0. The van der Waals surface area contributed by atoms with Gasteiger partial charge >= 0.3 is 0 Å². The van der Waals surface area contributed by atoms with Gasteiger partial charge in [-0.3, -0.25) is 4.79 Å². The molecule has 2 aliphatic carbocycles. The molecule has 0 radical (unpaired) electrons. The third-order valence-electron chi connectivity index (χ3n) is 3.06. The van der Waals surface area contributed by atoms with Gasteiger partial charge in [0.05, 0.1) is 0 Å². The molecule has 0 bridgehead atoms. The molecule has 0 aromatic carbocycles. The van der Waals surface area contributed by atoms with Crippen LogP contribution in [0.15, 0.2) is 11.6 Å². The predicted octanol–water partition coefficient (Wildman–Crippen LogP) is 2.32. The first-order valence-corrected chi connectivity index (χ1v) is 4.50. The maximum Gasteiger partial charge on any atom is 0.156 e. The molecule has 0 aromatic rings. The van der Waals surface area contributed by atoms with Gasteiger partial charge in [0.25, 0.3) is 0 Å². The monoisotopic (exact) mass is 150 g/mol. The molecule has 0 N–H and O–H groups in total. The van der Waals surface area contributed by atoms with E-state index < -0.39 is 0 Å². The lowest BCUT2D eigenvalue weighted by Gasteiger charge is -2.27. The molecule has 1 heteroatoms. The van der Waals surface area contributed by atoms with Crippen molar-refractivity contribution in [2.75, 3.05) is 0 Å². The first kappa shape index (κ1) is 7.08. The van der Waals surface area contributed by atoms with E-state index in [1.165, 1.54) is 24.8 Å². The summed E-state index contributed by atoms with van der Waals surface area (Å²) >= 11 is 0. The van der Waals surface area contributed by atoms with Crippen LogP contribution in [0.25, 0.3) is 0 Å². The molecule has 1 saturated carbocycles. The molecule has 2 unspecified atom stereocenters. The van der Waals surface area contributed by atoms with Crippen LogP contribution < -0.4 is 0 Å². The summed E-state index contributed by atoms with van der Waals surface area (Å²) in [6, 6.07) is 0. The lowest BCUT2D eigenvalue weighted by atomic mass is 9.78. The van der Waals surface area contributed by atoms with Crippen LogP contribution in [0.4, 0.5) is 0 Å². The van der Waals surface area contributed by atoms with Crippen molar-refractivity contribution >= 4 is 5.78 Å². The van der Waals surface area contributed by atoms with Crippen LogP contribution in [0.2, 0.25) is 0 Å². The molecule has 0 heterocycles. The van der Waals surface area contributed by atoms with Gasteiger partial charge < -0.3 is 0 Å². The number of carbonyl (C=O) groups excluding carboxylic acids is 1. The van der Waals surface area contributed by atoms with Gasteiger partial charge in [-0.25, -0.2) is 0 Å². The van der Waals surface area contributed by atoms with Crippen LogP contribution in [0.5, 0.6) is 0 Å². The van der Waals surface area contributed by atoms with Crippen molar-refractivity contribution in [2.45, 2.75) is 32.6 Å². The number of hydrogen-bond acceptors (Lipinski definition) is 1. The SMILES string of the molecule is CC1CCCC2=CC(=O)CC21. The average Bonchev–Trinajstić information content (AvgIpc) is 2.31. The number of fused-ring (bicyclic) bond motifs is 1. The highest BCUT2D eigenvalue weighted by Gasteiger charge is 2.31. The van der Waals surface area contributed by atoms with E-state index in [0.29, 0.717) is 11.7 Å². The molecule has 2 aliphatic rings. The summed E-state index contributed by atoms with van der Waals surface area (Å²) in [5, 5.41) is 0. The highest BCUT2D eigenvalue weighted by molar-refractivity contribution is 5.93. The maximum atomic E-state index is 11.1. The fourth-order valence-corrected chi connectivity index (χ4v) is 2.37. The smallest absolute Gasteiger partial charge is 0.156 e. The van der Waals surface area contributed by atoms with Gasteiger partial charge in [-0.2, -0.15) is 0 Å². The van der Waals surface area contributed by atoms with E-state index >= 15 is 0 Å². The first-order valence-electron chi connectivity index (χ1n) is 4.50. The lowest BCUT2D eigenvalue weighted by molar-refractivity contribution is -0.114. The summed E-state index contributed by atoms with van der Waals surface area (Å²) in [6.45, 7) is 2.27. The molecular formula is C10H14O. The summed E-state index contributed by atoms with van der Waals surface area (Å²) in [5.41, 5.74) is 1.44. The quantitative estimate of drug-likeness (QED) is 0.518. The van der Waals surface area contributed by atoms with Crippen LogP contribution >= 0.6 is 0 Å². The van der Waals surface area contributed by atoms with E-state index in [1.807, 2.05) is 6.08 Å². The third-order valence-corrected chi connectivity index (χ3v) is 3.06. The minimum absolute atomic E-state index is 0.360. The Morgan fingerprint density at radius 2 is 2.36 bits per heavy atom. The van der Waals surface area contributed by atoms with Gasteiger partial charge in [0, 0.05) is 6.42 Å². The molecule has 2 rings (SSSR count). The van der Waals surface area contributed by atoms with E-state index in [-0.39, 0.29) is 0 Å². The molecule has 1 fully saturated rings. The fraction of sp³-hybridized carbons (Fsp3) is 0.700. The normalized spacial score (nSPS) is 36.8. The van der Waals surface area contributed by atoms with Crippen LogP contribution in [-0.2, 0) is 4.79 Å². The van der Waals surface area contributed by atoms with Gasteiger partial charge in [0.1, 0.15) is 0 Å². The minimum atomic E-state index is 0.360. The van der Waals surface area contributed by atoms with Gasteiger partial charge in [-0.05, 0) is 37.2 Å². The highest BCUT2D eigenvalue weighted by atomic mass is 16.1. The van der Waals surface area contributed by atoms with Gasteiger partial charge in [-0.15, -0.1) is 0 Å². The summed E-state index contributed by atoms with van der Waals surface area (Å²) in [5.74, 6) is 1.73. The second-order valence-electron chi connectivity index (χ2n) is 3.87. The second-order valence-corrected chi connectivity index (χ2v) is 3.87. The topological polar surface area (TPSA) is 17.1 Å². The van der Waals surface area contributed by atoms with Crippen molar-refractivity contribution in [3.8, 4) is 0 Å². The average molecular weight is 150 g/mol. The summed E-state index contributed by atoms with van der Waals surface area (Å²) in [6.07, 6.45) is 6.48. The zero-order valence-corrected chi connectivity index (χ0v) is 6.97. The van der Waals surface area contributed by atoms with Crippen molar-refractivity contribution in [1.29, 1.82) is 0 Å². The number of carbonyl (C=O) groups is 1. The standard InChI is InChI=1S/C10H14O/c1-7-3-2-4-8-5-9(11)6-10(7)8/h5,7,10H,2-4,6H2,1H3. The first-order chi connectivity index (χ1) is 5.27. The Labute approximate surface area is 67.5 Å². The molecule has 0 saturated heterocycles. The Balaban J connectivity index is 2.20. The molecule has 0 spiro atoms. The van der Waals surface area contributed by atoms with Crippen molar-refractivity contribution in [3.63, 3.8) is 0 Å². The van der Waals surface area contributed by atoms with Gasteiger partial charge in [-0.1, -0.05) is 12.5 Å². The van der Waals surface area contributed by atoms with Crippen molar-refractivity contribution in [3.05, 3.63) is 11.6 Å². The molecule has 0 aliphatic heterocycles. The highest BCUT2D eigenvalue weighted by Crippen LogP contribution is 2.39. The summed E-state index contributed by atoms with van der Waals surface area (Å²) in [4.78, 5) is 11.1. The molecule has 0 amide bonds. The Morgan fingerprint density at radius 3 is 3.09 bits per heavy atom. The zero-order valence-electron chi connectivity index (χ0n) is 6.97. The van der Waals surface area contributed by atoms with Crippen LogP contribution in [0.1, 0.15) is 32.6 Å². The Kier molecular flexibility index (Phi) is 1.59. The molecule has 60 valence electrons. The Bertz CT molecular complexity index is 215. The molecule has 1 nitrogen and oxygen atoms in total.